The summed E-state index contributed by atoms with van der Waals surface area (Å²) in [7, 11) is 0. The molecule has 0 bridgehead atoms. The topological polar surface area (TPSA) is 96.0 Å². The number of rotatable bonds is 6. The van der Waals surface area contributed by atoms with E-state index in [2.05, 4.69) is 39.4 Å². The van der Waals surface area contributed by atoms with Gasteiger partial charge in [0.1, 0.15) is 0 Å². The first kappa shape index (κ1) is 19.8. The number of nitrogens with one attached hydrogen (secondary N) is 3. The van der Waals surface area contributed by atoms with E-state index < -0.39 is 0 Å². The molecule has 0 saturated carbocycles. The highest BCUT2D eigenvalue weighted by Crippen LogP contribution is 2.29. The second kappa shape index (κ2) is 9.34. The van der Waals surface area contributed by atoms with Gasteiger partial charge in [-0.3, -0.25) is 20.4 Å². The highest BCUT2D eigenvalue weighted by molar-refractivity contribution is 8.01. The Bertz CT molecular complexity index is 975. The molecule has 2 amide bonds. The average molecular weight is 414 g/mol. The molecule has 1 aromatic heterocycles. The summed E-state index contributed by atoms with van der Waals surface area (Å²) in [6, 6.07) is 14.7. The van der Waals surface area contributed by atoms with Gasteiger partial charge < -0.3 is 5.32 Å². The van der Waals surface area contributed by atoms with Gasteiger partial charge in [0.2, 0.25) is 11.0 Å². The van der Waals surface area contributed by atoms with Gasteiger partial charge in [-0.05, 0) is 43.2 Å². The van der Waals surface area contributed by atoms with E-state index in [0.717, 1.165) is 11.3 Å². The minimum atomic E-state index is -0.366. The number of hydrazine groups is 1. The van der Waals surface area contributed by atoms with Crippen molar-refractivity contribution < 1.29 is 9.59 Å². The lowest BCUT2D eigenvalue weighted by Crippen LogP contribution is -2.42. The van der Waals surface area contributed by atoms with Crippen LogP contribution in [0.1, 0.15) is 21.5 Å². The molecule has 3 N–H and O–H groups in total. The van der Waals surface area contributed by atoms with Crippen LogP contribution in [-0.4, -0.2) is 27.8 Å². The van der Waals surface area contributed by atoms with Gasteiger partial charge in [0.15, 0.2) is 4.34 Å². The Kier molecular flexibility index (Phi) is 6.62. The molecule has 28 heavy (non-hydrogen) atoms. The van der Waals surface area contributed by atoms with Crippen molar-refractivity contribution in [2.45, 2.75) is 18.2 Å². The van der Waals surface area contributed by atoms with Crippen molar-refractivity contribution in [3.05, 3.63) is 65.2 Å². The highest BCUT2D eigenvalue weighted by atomic mass is 32.2. The fourth-order valence-corrected chi connectivity index (χ4v) is 3.84. The number of aromatic nitrogens is 2. The number of carbonyl (C=O) groups excluding carboxylic acids is 2. The predicted molar refractivity (Wildman–Crippen MR) is 112 cm³/mol. The van der Waals surface area contributed by atoms with Crippen LogP contribution in [0.2, 0.25) is 0 Å². The largest absolute Gasteiger partial charge is 0.330 e. The van der Waals surface area contributed by atoms with Crippen LogP contribution in [0.5, 0.6) is 0 Å². The van der Waals surface area contributed by atoms with E-state index in [1.165, 1.54) is 28.7 Å². The molecule has 0 radical (unpaired) electrons. The Labute approximate surface area is 170 Å². The van der Waals surface area contributed by atoms with Gasteiger partial charge in [-0.1, -0.05) is 53.4 Å². The number of nitrogens with zero attached hydrogens (tertiary/aromatic N) is 2. The van der Waals surface area contributed by atoms with Gasteiger partial charge in [0.05, 0.1) is 5.75 Å². The van der Waals surface area contributed by atoms with Crippen molar-refractivity contribution in [3.8, 4) is 0 Å². The first-order valence-corrected chi connectivity index (χ1v) is 10.3. The summed E-state index contributed by atoms with van der Waals surface area (Å²) < 4.78 is 0.664. The zero-order chi connectivity index (χ0) is 19.9. The second-order valence-electron chi connectivity index (χ2n) is 5.90. The second-order valence-corrected chi connectivity index (χ2v) is 8.10. The van der Waals surface area contributed by atoms with Crippen molar-refractivity contribution in [2.75, 3.05) is 11.1 Å². The normalized spacial score (nSPS) is 10.4. The molecule has 0 aliphatic rings. The Morgan fingerprint density at radius 2 is 1.79 bits per heavy atom. The first-order chi connectivity index (χ1) is 13.5. The van der Waals surface area contributed by atoms with Gasteiger partial charge in [-0.2, -0.15) is 0 Å². The van der Waals surface area contributed by atoms with E-state index in [4.69, 9.17) is 0 Å². The fourth-order valence-electron chi connectivity index (χ4n) is 2.27. The van der Waals surface area contributed by atoms with Gasteiger partial charge >= 0.3 is 0 Å². The monoisotopic (exact) mass is 413 g/mol. The van der Waals surface area contributed by atoms with Gasteiger partial charge in [-0.25, -0.2) is 0 Å². The number of anilines is 2. The van der Waals surface area contributed by atoms with Crippen molar-refractivity contribution >= 4 is 45.7 Å². The minimum absolute atomic E-state index is 0.118. The van der Waals surface area contributed by atoms with Gasteiger partial charge in [0.25, 0.3) is 5.91 Å². The fraction of sp³-hybridized carbons (Fsp3) is 0.158. The lowest BCUT2D eigenvalue weighted by molar-refractivity contribution is -0.119. The third-order valence-corrected chi connectivity index (χ3v) is 5.90. The third kappa shape index (κ3) is 5.30. The molecule has 7 nitrogen and oxygen atoms in total. The van der Waals surface area contributed by atoms with Crippen LogP contribution in [0.4, 0.5) is 10.8 Å². The van der Waals surface area contributed by atoms with E-state index in [9.17, 15) is 9.59 Å². The van der Waals surface area contributed by atoms with Crippen LogP contribution in [0, 0.1) is 13.8 Å². The summed E-state index contributed by atoms with van der Waals surface area (Å²) in [6.07, 6.45) is 0. The Hall–Kier alpha value is -2.91. The Morgan fingerprint density at radius 1 is 1.00 bits per heavy atom. The van der Waals surface area contributed by atoms with E-state index in [1.54, 1.807) is 24.3 Å². The number of carbonyl (C=O) groups is 2. The van der Waals surface area contributed by atoms with Crippen LogP contribution >= 0.6 is 23.1 Å². The average Bonchev–Trinajstić information content (AvgIpc) is 3.16. The summed E-state index contributed by atoms with van der Waals surface area (Å²) in [5, 5.41) is 12.1. The summed E-state index contributed by atoms with van der Waals surface area (Å²) in [6.45, 7) is 4.10. The summed E-state index contributed by atoms with van der Waals surface area (Å²) in [4.78, 5) is 23.8. The number of thioether (sulfide) groups is 1. The van der Waals surface area contributed by atoms with Crippen LogP contribution in [0.25, 0.3) is 0 Å². The molecule has 1 heterocycles. The molecule has 0 spiro atoms. The van der Waals surface area contributed by atoms with Gasteiger partial charge in [0, 0.05) is 11.3 Å². The zero-order valence-electron chi connectivity index (χ0n) is 15.4. The summed E-state index contributed by atoms with van der Waals surface area (Å²) in [5.41, 5.74) is 8.58. The molecule has 9 heteroatoms. The Balaban J connectivity index is 1.47. The maximum atomic E-state index is 11.9. The summed E-state index contributed by atoms with van der Waals surface area (Å²) >= 11 is 2.62. The van der Waals surface area contributed by atoms with Crippen molar-refractivity contribution in [2.24, 2.45) is 0 Å². The molecular weight excluding hydrogens is 394 g/mol. The molecule has 3 aromatic rings. The predicted octanol–water partition coefficient (Wildman–Crippen LogP) is 3.45. The molecule has 0 aliphatic carbocycles. The first-order valence-electron chi connectivity index (χ1n) is 8.46. The third-order valence-electron chi connectivity index (χ3n) is 3.93. The van der Waals surface area contributed by atoms with Crippen molar-refractivity contribution in [1.29, 1.82) is 0 Å². The Morgan fingerprint density at radius 3 is 2.57 bits per heavy atom. The van der Waals surface area contributed by atoms with Crippen LogP contribution < -0.4 is 16.2 Å². The number of aryl methyl sites for hydroxylation is 1. The van der Waals surface area contributed by atoms with Crippen molar-refractivity contribution in [3.63, 3.8) is 0 Å². The molecule has 0 fully saturated rings. The molecule has 0 aliphatic heterocycles. The smallest absolute Gasteiger partial charge is 0.269 e. The van der Waals surface area contributed by atoms with E-state index >= 15 is 0 Å². The molecule has 0 unspecified atom stereocenters. The lowest BCUT2D eigenvalue weighted by Gasteiger charge is -2.08. The van der Waals surface area contributed by atoms with Gasteiger partial charge in [-0.15, -0.1) is 10.2 Å². The minimum Gasteiger partial charge on any atom is -0.330 e. The van der Waals surface area contributed by atoms with E-state index in [0.29, 0.717) is 15.0 Å². The maximum Gasteiger partial charge on any atom is 0.269 e. The summed E-state index contributed by atoms with van der Waals surface area (Å²) in [5.74, 6) is -0.573. The van der Waals surface area contributed by atoms with Crippen LogP contribution in [0.3, 0.4) is 0 Å². The standard InChI is InChI=1S/C19H19N5O2S2/c1-12-7-6-10-15(13(12)2)20-18-23-24-19(28-18)27-11-16(25)21-22-17(26)14-8-4-3-5-9-14/h3-10H,11H2,1-2H3,(H,20,23)(H,21,25)(H,22,26). The van der Waals surface area contributed by atoms with Crippen LogP contribution in [-0.2, 0) is 4.79 Å². The molecule has 0 saturated heterocycles. The quantitative estimate of drug-likeness (QED) is 0.423. The maximum absolute atomic E-state index is 11.9. The molecule has 2 aromatic carbocycles. The van der Waals surface area contributed by atoms with E-state index in [-0.39, 0.29) is 17.6 Å². The number of amides is 2. The number of hydrogen-bond donors (Lipinski definition) is 3. The van der Waals surface area contributed by atoms with Crippen LogP contribution in [0.15, 0.2) is 52.9 Å². The SMILES string of the molecule is Cc1cccc(Nc2nnc(SCC(=O)NNC(=O)c3ccccc3)s2)c1C. The lowest BCUT2D eigenvalue weighted by atomic mass is 10.1. The highest BCUT2D eigenvalue weighted by Gasteiger charge is 2.11. The molecule has 0 atom stereocenters. The van der Waals surface area contributed by atoms with Crippen molar-refractivity contribution in [1.82, 2.24) is 21.0 Å². The van der Waals surface area contributed by atoms with E-state index in [1.807, 2.05) is 25.1 Å². The molecule has 3 rings (SSSR count). The molecular formula is C19H19N5O2S2. The zero-order valence-corrected chi connectivity index (χ0v) is 17.0. The number of hydrogen-bond acceptors (Lipinski definition) is 7. The number of benzene rings is 2. The molecule has 144 valence electrons.